The van der Waals surface area contributed by atoms with E-state index in [1.54, 1.807) is 0 Å². The van der Waals surface area contributed by atoms with E-state index >= 15 is 0 Å². The maximum atomic E-state index is 6.14. The van der Waals surface area contributed by atoms with Crippen LogP contribution >= 0.6 is 0 Å². The molecule has 3 saturated heterocycles. The first-order chi connectivity index (χ1) is 12.8. The normalized spacial score (nSPS) is 42.1. The van der Waals surface area contributed by atoms with Crippen LogP contribution in [0, 0.1) is 11.3 Å². The lowest BCUT2D eigenvalue weighted by molar-refractivity contribution is -0.126. The molecular formula is C20H33N3O3. The van der Waals surface area contributed by atoms with Crippen LogP contribution in [0.3, 0.4) is 0 Å². The molecule has 1 spiro atoms. The van der Waals surface area contributed by atoms with Gasteiger partial charge in [-0.15, -0.1) is 0 Å². The van der Waals surface area contributed by atoms with E-state index in [-0.39, 0.29) is 12.2 Å². The summed E-state index contributed by atoms with van der Waals surface area (Å²) >= 11 is 0. The van der Waals surface area contributed by atoms with Crippen molar-refractivity contribution >= 4 is 5.96 Å². The first kappa shape index (κ1) is 17.3. The summed E-state index contributed by atoms with van der Waals surface area (Å²) in [6, 6.07) is 0.528. The van der Waals surface area contributed by atoms with Gasteiger partial charge in [0.1, 0.15) is 6.10 Å². The second-order valence-corrected chi connectivity index (χ2v) is 8.76. The highest BCUT2D eigenvalue weighted by Crippen LogP contribution is 2.60. The lowest BCUT2D eigenvalue weighted by Crippen LogP contribution is -2.70. The molecule has 2 aliphatic carbocycles. The van der Waals surface area contributed by atoms with Crippen LogP contribution in [-0.2, 0) is 14.2 Å². The van der Waals surface area contributed by atoms with Crippen molar-refractivity contribution < 1.29 is 14.2 Å². The van der Waals surface area contributed by atoms with E-state index in [4.69, 9.17) is 14.2 Å². The number of aliphatic imine (C=N–C) groups is 1. The Balaban J connectivity index is 1.27. The first-order valence-corrected chi connectivity index (χ1v) is 10.6. The van der Waals surface area contributed by atoms with Crippen LogP contribution < -0.4 is 5.32 Å². The van der Waals surface area contributed by atoms with Gasteiger partial charge in [0.15, 0.2) is 5.96 Å². The summed E-state index contributed by atoms with van der Waals surface area (Å²) < 4.78 is 18.0. The van der Waals surface area contributed by atoms with E-state index in [0.29, 0.717) is 23.5 Å². The molecule has 0 radical (unpaired) electrons. The molecule has 2 saturated carbocycles. The second-order valence-electron chi connectivity index (χ2n) is 8.76. The van der Waals surface area contributed by atoms with Gasteiger partial charge in [0, 0.05) is 50.7 Å². The zero-order valence-corrected chi connectivity index (χ0v) is 16.0. The third kappa shape index (κ3) is 2.68. The number of rotatable bonds is 2. The molecule has 1 N–H and O–H groups in total. The van der Waals surface area contributed by atoms with Crippen LogP contribution in [0.5, 0.6) is 0 Å². The fourth-order valence-corrected chi connectivity index (χ4v) is 6.33. The molecule has 146 valence electrons. The highest BCUT2D eigenvalue weighted by atomic mass is 16.5. The monoisotopic (exact) mass is 363 g/mol. The minimum Gasteiger partial charge on any atom is -0.377 e. The number of hydrogen-bond acceptors (Lipinski definition) is 4. The molecule has 5 aliphatic rings. The van der Waals surface area contributed by atoms with Gasteiger partial charge in [-0.1, -0.05) is 12.8 Å². The largest absolute Gasteiger partial charge is 0.377 e. The number of guanidine groups is 1. The molecular weight excluding hydrogens is 330 g/mol. The van der Waals surface area contributed by atoms with Crippen LogP contribution in [0.15, 0.2) is 4.99 Å². The molecule has 5 rings (SSSR count). The topological polar surface area (TPSA) is 55.3 Å². The molecule has 0 aromatic heterocycles. The molecule has 0 aromatic rings. The number of morpholine rings is 1. The summed E-state index contributed by atoms with van der Waals surface area (Å²) in [5, 5.41) is 3.89. The Hall–Kier alpha value is -0.850. The first-order valence-electron chi connectivity index (χ1n) is 10.6. The van der Waals surface area contributed by atoms with Gasteiger partial charge < -0.3 is 24.4 Å². The maximum absolute atomic E-state index is 6.14. The van der Waals surface area contributed by atoms with Crippen molar-refractivity contribution in [1.82, 2.24) is 10.2 Å². The van der Waals surface area contributed by atoms with Crippen molar-refractivity contribution in [3.63, 3.8) is 0 Å². The minimum atomic E-state index is 0.175. The summed E-state index contributed by atoms with van der Waals surface area (Å²) in [6.45, 7) is 4.37. The third-order valence-electron chi connectivity index (χ3n) is 7.56. The van der Waals surface area contributed by atoms with Crippen LogP contribution in [0.1, 0.15) is 44.9 Å². The van der Waals surface area contributed by atoms with E-state index in [1.165, 1.54) is 32.1 Å². The third-order valence-corrected chi connectivity index (χ3v) is 7.56. The maximum Gasteiger partial charge on any atom is 0.194 e. The molecule has 5 unspecified atom stereocenters. The van der Waals surface area contributed by atoms with Crippen LogP contribution in [0.25, 0.3) is 0 Å². The van der Waals surface area contributed by atoms with Crippen molar-refractivity contribution in [2.24, 2.45) is 16.3 Å². The van der Waals surface area contributed by atoms with Gasteiger partial charge in [-0.2, -0.15) is 0 Å². The number of ether oxygens (including phenoxy) is 3. The summed E-state index contributed by atoms with van der Waals surface area (Å²) in [7, 11) is 1.92. The van der Waals surface area contributed by atoms with Crippen LogP contribution in [-0.4, -0.2) is 75.2 Å². The Morgan fingerprint density at radius 3 is 2.62 bits per heavy atom. The van der Waals surface area contributed by atoms with Crippen molar-refractivity contribution in [2.75, 3.05) is 40.0 Å². The van der Waals surface area contributed by atoms with E-state index in [2.05, 4.69) is 15.2 Å². The van der Waals surface area contributed by atoms with E-state index in [0.717, 1.165) is 51.7 Å². The number of fused-ring (bicyclic) bond motifs is 2. The quantitative estimate of drug-likeness (QED) is 0.599. The second kappa shape index (κ2) is 6.95. The number of nitrogens with zero attached hydrogens (tertiary/aromatic N) is 2. The average Bonchev–Trinajstić information content (AvgIpc) is 3.42. The smallest absolute Gasteiger partial charge is 0.194 e. The molecule has 0 aromatic carbocycles. The average molecular weight is 364 g/mol. The Morgan fingerprint density at radius 1 is 1.00 bits per heavy atom. The van der Waals surface area contributed by atoms with Crippen molar-refractivity contribution in [3.8, 4) is 0 Å². The predicted molar refractivity (Wildman–Crippen MR) is 99.3 cm³/mol. The summed E-state index contributed by atoms with van der Waals surface area (Å²) in [4.78, 5) is 7.05. The van der Waals surface area contributed by atoms with Crippen LogP contribution in [0.2, 0.25) is 0 Å². The summed E-state index contributed by atoms with van der Waals surface area (Å²) in [6.07, 6.45) is 9.72. The predicted octanol–water partition coefficient (Wildman–Crippen LogP) is 1.79. The fraction of sp³-hybridized carbons (Fsp3) is 0.950. The van der Waals surface area contributed by atoms with E-state index < -0.39 is 0 Å². The molecule has 3 aliphatic heterocycles. The zero-order valence-electron chi connectivity index (χ0n) is 16.0. The summed E-state index contributed by atoms with van der Waals surface area (Å²) in [5.74, 6) is 1.72. The number of nitrogens with one attached hydrogen (secondary N) is 1. The number of hydrogen-bond donors (Lipinski definition) is 1. The van der Waals surface area contributed by atoms with Gasteiger partial charge in [-0.05, 0) is 32.1 Å². The van der Waals surface area contributed by atoms with E-state index in [1.807, 2.05) is 7.05 Å². The van der Waals surface area contributed by atoms with Gasteiger partial charge in [0.2, 0.25) is 0 Å². The Morgan fingerprint density at radius 2 is 1.85 bits per heavy atom. The van der Waals surface area contributed by atoms with E-state index in [9.17, 15) is 0 Å². The van der Waals surface area contributed by atoms with Crippen molar-refractivity contribution in [2.45, 2.75) is 69.3 Å². The highest BCUT2D eigenvalue weighted by molar-refractivity contribution is 5.80. The Bertz CT molecular complexity index is 542. The Labute approximate surface area is 156 Å². The summed E-state index contributed by atoms with van der Waals surface area (Å²) in [5.41, 5.74) is 0.358. The Kier molecular flexibility index (Phi) is 4.62. The molecule has 3 heterocycles. The minimum absolute atomic E-state index is 0.175. The standard InChI is InChI=1S/C20H33N3O3/c1-21-19(23-9-12-25-16(13-23)15-5-4-10-24-15)22-17-14-6-11-26-18(14)20(17)7-2-3-8-20/h14-18H,2-13H2,1H3,(H,21,22). The molecule has 6 heteroatoms. The highest BCUT2D eigenvalue weighted by Gasteiger charge is 2.65. The van der Waals surface area contributed by atoms with Crippen LogP contribution in [0.4, 0.5) is 0 Å². The zero-order chi connectivity index (χ0) is 17.6. The molecule has 5 atom stereocenters. The van der Waals surface area contributed by atoms with Gasteiger partial charge in [-0.3, -0.25) is 4.99 Å². The SMILES string of the molecule is CN=C(NC1C2CCOC2C12CCCC2)N1CCOC(C2CCCO2)C1. The molecule has 6 nitrogen and oxygen atoms in total. The lowest BCUT2D eigenvalue weighted by atomic mass is 9.54. The van der Waals surface area contributed by atoms with Crippen molar-refractivity contribution in [3.05, 3.63) is 0 Å². The lowest BCUT2D eigenvalue weighted by Gasteiger charge is -2.57. The van der Waals surface area contributed by atoms with Gasteiger partial charge >= 0.3 is 0 Å². The fourth-order valence-electron chi connectivity index (χ4n) is 6.33. The van der Waals surface area contributed by atoms with Gasteiger partial charge in [-0.25, -0.2) is 0 Å². The van der Waals surface area contributed by atoms with Gasteiger partial charge in [0.05, 0.1) is 18.8 Å². The molecule has 0 amide bonds. The van der Waals surface area contributed by atoms with Crippen molar-refractivity contribution in [1.29, 1.82) is 0 Å². The molecule has 26 heavy (non-hydrogen) atoms. The van der Waals surface area contributed by atoms with Gasteiger partial charge in [0.25, 0.3) is 0 Å². The molecule has 0 bridgehead atoms. The molecule has 5 fully saturated rings.